The van der Waals surface area contributed by atoms with Crippen LogP contribution in [0, 0.1) is 0 Å². The molecule has 1 saturated heterocycles. The van der Waals surface area contributed by atoms with E-state index in [0.29, 0.717) is 18.9 Å². The number of morpholine rings is 1. The highest BCUT2D eigenvalue weighted by Gasteiger charge is 2.45. The van der Waals surface area contributed by atoms with Crippen molar-refractivity contribution in [2.75, 3.05) is 36.5 Å². The monoisotopic (exact) mass is 317 g/mol. The number of carbonyl (C=O) groups is 2. The van der Waals surface area contributed by atoms with Gasteiger partial charge in [0.2, 0.25) is 11.8 Å². The van der Waals surface area contributed by atoms with Crippen LogP contribution in [0.1, 0.15) is 20.8 Å². The molecule has 0 aliphatic carbocycles. The molecule has 1 aromatic rings. The number of hydrogen-bond acceptors (Lipinski definition) is 4. The van der Waals surface area contributed by atoms with E-state index in [1.165, 1.54) is 0 Å². The molecule has 124 valence electrons. The van der Waals surface area contributed by atoms with Crippen molar-refractivity contribution in [3.8, 4) is 0 Å². The maximum atomic E-state index is 13.2. The minimum Gasteiger partial charge on any atom is -0.379 e. The summed E-state index contributed by atoms with van der Waals surface area (Å²) >= 11 is 0. The Hall–Kier alpha value is -1.92. The van der Waals surface area contributed by atoms with Crippen molar-refractivity contribution in [2.24, 2.45) is 0 Å². The minimum atomic E-state index is -0.925. The number of carbonyl (C=O) groups excluding carboxylic acids is 2. The lowest BCUT2D eigenvalue weighted by molar-refractivity contribution is -0.130. The molecule has 6 heteroatoms. The van der Waals surface area contributed by atoms with Gasteiger partial charge in [-0.15, -0.1) is 0 Å². The number of nitrogens with one attached hydrogen (secondary N) is 1. The minimum absolute atomic E-state index is 0.0563. The summed E-state index contributed by atoms with van der Waals surface area (Å²) in [4.78, 5) is 29.4. The molecule has 0 radical (unpaired) electrons. The number of hydrogen-bond donors (Lipinski definition) is 1. The maximum absolute atomic E-state index is 13.2. The molecular weight excluding hydrogens is 294 g/mol. The molecular formula is C17H23N3O3. The first-order chi connectivity index (χ1) is 10.9. The van der Waals surface area contributed by atoms with Gasteiger partial charge in [0.25, 0.3) is 0 Å². The molecule has 1 N–H and O–H groups in total. The van der Waals surface area contributed by atoms with E-state index in [4.69, 9.17) is 4.74 Å². The first-order valence-corrected chi connectivity index (χ1v) is 7.99. The molecule has 1 unspecified atom stereocenters. The molecule has 0 spiro atoms. The number of amides is 2. The van der Waals surface area contributed by atoms with Gasteiger partial charge in [0.05, 0.1) is 30.6 Å². The summed E-state index contributed by atoms with van der Waals surface area (Å²) in [5, 5.41) is 2.89. The number of fused-ring (bicyclic) bond motifs is 1. The predicted molar refractivity (Wildman–Crippen MR) is 88.5 cm³/mol. The summed E-state index contributed by atoms with van der Waals surface area (Å²) < 4.78 is 5.36. The van der Waals surface area contributed by atoms with Crippen molar-refractivity contribution in [2.45, 2.75) is 32.4 Å². The van der Waals surface area contributed by atoms with Crippen LogP contribution >= 0.6 is 0 Å². The van der Waals surface area contributed by atoms with Gasteiger partial charge < -0.3 is 10.1 Å². The second-order valence-electron chi connectivity index (χ2n) is 6.53. The molecule has 2 aliphatic rings. The van der Waals surface area contributed by atoms with Crippen LogP contribution in [0.2, 0.25) is 0 Å². The zero-order chi connectivity index (χ0) is 16.6. The van der Waals surface area contributed by atoms with Gasteiger partial charge >= 0.3 is 0 Å². The van der Waals surface area contributed by atoms with Crippen LogP contribution < -0.4 is 10.2 Å². The number of ether oxygens (including phenoxy) is 1. The molecule has 2 aliphatic heterocycles. The van der Waals surface area contributed by atoms with Crippen molar-refractivity contribution < 1.29 is 14.3 Å². The van der Waals surface area contributed by atoms with Gasteiger partial charge in [-0.2, -0.15) is 0 Å². The summed E-state index contributed by atoms with van der Waals surface area (Å²) in [5.74, 6) is -0.224. The molecule has 3 rings (SSSR count). The van der Waals surface area contributed by atoms with Gasteiger partial charge in [-0.3, -0.25) is 19.4 Å². The fourth-order valence-corrected chi connectivity index (χ4v) is 3.15. The Morgan fingerprint density at radius 2 is 1.91 bits per heavy atom. The Labute approximate surface area is 136 Å². The van der Waals surface area contributed by atoms with E-state index < -0.39 is 5.54 Å². The Morgan fingerprint density at radius 1 is 1.26 bits per heavy atom. The van der Waals surface area contributed by atoms with Crippen molar-refractivity contribution in [1.82, 2.24) is 4.90 Å². The average molecular weight is 317 g/mol. The lowest BCUT2D eigenvalue weighted by Gasteiger charge is -2.44. The third kappa shape index (κ3) is 2.72. The molecule has 2 heterocycles. The highest BCUT2D eigenvalue weighted by molar-refractivity contribution is 6.15. The van der Waals surface area contributed by atoms with E-state index in [2.05, 4.69) is 10.2 Å². The van der Waals surface area contributed by atoms with Gasteiger partial charge in [0, 0.05) is 13.1 Å². The summed E-state index contributed by atoms with van der Waals surface area (Å²) in [7, 11) is 0. The van der Waals surface area contributed by atoms with Crippen LogP contribution in [0.25, 0.3) is 0 Å². The molecule has 1 aromatic carbocycles. The summed E-state index contributed by atoms with van der Waals surface area (Å²) in [5.41, 5.74) is 0.507. The maximum Gasteiger partial charge on any atom is 0.250 e. The summed E-state index contributed by atoms with van der Waals surface area (Å²) in [6, 6.07) is 7.14. The zero-order valence-corrected chi connectivity index (χ0v) is 13.8. The van der Waals surface area contributed by atoms with Crippen LogP contribution in [0.3, 0.4) is 0 Å². The van der Waals surface area contributed by atoms with E-state index in [1.54, 1.807) is 18.7 Å². The molecule has 0 bridgehead atoms. The number of nitrogens with zero attached hydrogens (tertiary/aromatic N) is 2. The van der Waals surface area contributed by atoms with Crippen molar-refractivity contribution >= 4 is 23.2 Å². The van der Waals surface area contributed by atoms with Gasteiger partial charge in [-0.05, 0) is 32.9 Å². The fourth-order valence-electron chi connectivity index (χ4n) is 3.15. The third-order valence-corrected chi connectivity index (χ3v) is 4.68. The summed E-state index contributed by atoms with van der Waals surface area (Å²) in [6.45, 7) is 8.20. The SMILES string of the molecule is CC(C(=O)N1c2ccccc2NC(=O)C1(C)C)N1CCOCC1. The van der Waals surface area contributed by atoms with E-state index in [9.17, 15) is 9.59 Å². The first-order valence-electron chi connectivity index (χ1n) is 7.99. The molecule has 6 nitrogen and oxygen atoms in total. The van der Waals surface area contributed by atoms with Crippen LogP contribution in [0.5, 0.6) is 0 Å². The quantitative estimate of drug-likeness (QED) is 0.897. The fraction of sp³-hybridized carbons (Fsp3) is 0.529. The number of benzene rings is 1. The first kappa shape index (κ1) is 16.0. The topological polar surface area (TPSA) is 61.9 Å². The van der Waals surface area contributed by atoms with E-state index in [-0.39, 0.29) is 17.9 Å². The highest BCUT2D eigenvalue weighted by Crippen LogP contribution is 2.37. The van der Waals surface area contributed by atoms with Gasteiger partial charge in [0.1, 0.15) is 5.54 Å². The Kier molecular flexibility index (Phi) is 4.12. The Bertz CT molecular complexity index is 623. The zero-order valence-electron chi connectivity index (χ0n) is 13.8. The van der Waals surface area contributed by atoms with E-state index in [0.717, 1.165) is 18.8 Å². The lowest BCUT2D eigenvalue weighted by Crippen LogP contribution is -2.62. The van der Waals surface area contributed by atoms with Gasteiger partial charge in [-0.1, -0.05) is 12.1 Å². The molecule has 23 heavy (non-hydrogen) atoms. The largest absolute Gasteiger partial charge is 0.379 e. The molecule has 0 aromatic heterocycles. The molecule has 0 saturated carbocycles. The Balaban J connectivity index is 1.95. The summed E-state index contributed by atoms with van der Waals surface area (Å²) in [6.07, 6.45) is 0. The van der Waals surface area contributed by atoms with Gasteiger partial charge in [0.15, 0.2) is 0 Å². The smallest absolute Gasteiger partial charge is 0.250 e. The number of rotatable bonds is 2. The number of para-hydroxylation sites is 2. The van der Waals surface area contributed by atoms with E-state index in [1.807, 2.05) is 31.2 Å². The molecule has 1 atom stereocenters. The second-order valence-corrected chi connectivity index (χ2v) is 6.53. The molecule has 1 fully saturated rings. The van der Waals surface area contributed by atoms with Crippen molar-refractivity contribution in [3.63, 3.8) is 0 Å². The van der Waals surface area contributed by atoms with Crippen LogP contribution in [-0.4, -0.2) is 54.6 Å². The van der Waals surface area contributed by atoms with Crippen LogP contribution in [-0.2, 0) is 14.3 Å². The highest BCUT2D eigenvalue weighted by atomic mass is 16.5. The van der Waals surface area contributed by atoms with E-state index >= 15 is 0 Å². The average Bonchev–Trinajstić information content (AvgIpc) is 2.55. The molecule has 2 amide bonds. The normalized spacial score (nSPS) is 22.2. The van der Waals surface area contributed by atoms with Gasteiger partial charge in [-0.25, -0.2) is 0 Å². The third-order valence-electron chi connectivity index (χ3n) is 4.68. The van der Waals surface area contributed by atoms with Crippen molar-refractivity contribution in [1.29, 1.82) is 0 Å². The standard InChI is InChI=1S/C17H23N3O3/c1-12(19-8-10-23-11-9-19)15(21)20-14-7-5-4-6-13(14)18-16(22)17(20,2)3/h4-7,12H,8-11H2,1-3H3,(H,18,22). The predicted octanol–water partition coefficient (Wildman–Crippen LogP) is 1.47. The lowest BCUT2D eigenvalue weighted by atomic mass is 9.95. The van der Waals surface area contributed by atoms with Crippen molar-refractivity contribution in [3.05, 3.63) is 24.3 Å². The van der Waals surface area contributed by atoms with Crippen LogP contribution in [0.15, 0.2) is 24.3 Å². The van der Waals surface area contributed by atoms with Crippen LogP contribution in [0.4, 0.5) is 11.4 Å². The number of anilines is 2. The Morgan fingerprint density at radius 3 is 2.61 bits per heavy atom. The second kappa shape index (κ2) is 5.94.